The Balaban J connectivity index is 1.96. The third-order valence-electron chi connectivity index (χ3n) is 2.95. The fraction of sp³-hybridized carbons (Fsp3) is 0.267. The van der Waals surface area contributed by atoms with Crippen molar-refractivity contribution in [2.75, 3.05) is 6.61 Å². The lowest BCUT2D eigenvalue weighted by molar-refractivity contribution is -0.139. The van der Waals surface area contributed by atoms with Crippen molar-refractivity contribution in [1.29, 1.82) is 0 Å². The number of aryl methyl sites for hydroxylation is 2. The molecule has 1 heterocycles. The van der Waals surface area contributed by atoms with E-state index in [4.69, 9.17) is 9.84 Å². The molecule has 0 bridgehead atoms. The number of ether oxygens (including phenoxy) is 1. The summed E-state index contributed by atoms with van der Waals surface area (Å²) in [6, 6.07) is 8.63. The van der Waals surface area contributed by atoms with E-state index < -0.39 is 12.6 Å². The minimum atomic E-state index is -1.04. The molecule has 2 rings (SSSR count). The molecular weight excluding hydrogens is 286 g/mol. The first-order chi connectivity index (χ1) is 10.5. The second-order valence-electron chi connectivity index (χ2n) is 4.81. The van der Waals surface area contributed by atoms with Crippen molar-refractivity contribution in [3.8, 4) is 5.75 Å². The van der Waals surface area contributed by atoms with Gasteiger partial charge in [0, 0.05) is 13.6 Å². The van der Waals surface area contributed by atoms with Gasteiger partial charge in [0.05, 0.1) is 5.69 Å². The third kappa shape index (κ3) is 4.08. The highest BCUT2D eigenvalue weighted by atomic mass is 16.5. The fourth-order valence-electron chi connectivity index (χ4n) is 1.99. The maximum Gasteiger partial charge on any atom is 0.341 e. The normalized spacial score (nSPS) is 10.3. The molecule has 0 atom stereocenters. The average molecular weight is 303 g/mol. The number of hydrogen-bond donors (Lipinski definition) is 2. The number of carbonyl (C=O) groups excluding carboxylic acids is 1. The largest absolute Gasteiger partial charge is 0.482 e. The van der Waals surface area contributed by atoms with E-state index in [1.165, 1.54) is 4.68 Å². The molecule has 0 aliphatic heterocycles. The molecule has 0 saturated heterocycles. The summed E-state index contributed by atoms with van der Waals surface area (Å²) in [6.07, 6.45) is 0. The van der Waals surface area contributed by atoms with Crippen LogP contribution in [0.2, 0.25) is 0 Å². The number of carbonyl (C=O) groups is 2. The molecule has 2 aromatic rings. The highest BCUT2D eigenvalue weighted by molar-refractivity contribution is 5.92. The van der Waals surface area contributed by atoms with Crippen molar-refractivity contribution in [2.24, 2.45) is 7.05 Å². The fourth-order valence-corrected chi connectivity index (χ4v) is 1.99. The van der Waals surface area contributed by atoms with Crippen LogP contribution >= 0.6 is 0 Å². The van der Waals surface area contributed by atoms with Crippen molar-refractivity contribution < 1.29 is 19.4 Å². The lowest BCUT2D eigenvalue weighted by atomic mass is 10.2. The Morgan fingerprint density at radius 2 is 2.14 bits per heavy atom. The zero-order valence-corrected chi connectivity index (χ0v) is 12.4. The monoisotopic (exact) mass is 303 g/mol. The van der Waals surface area contributed by atoms with Gasteiger partial charge in [-0.25, -0.2) is 4.79 Å². The number of aromatic nitrogens is 2. The number of carboxylic acids is 1. The highest BCUT2D eigenvalue weighted by Crippen LogP contribution is 2.13. The second-order valence-corrected chi connectivity index (χ2v) is 4.81. The molecule has 0 aliphatic rings. The topological polar surface area (TPSA) is 93.5 Å². The van der Waals surface area contributed by atoms with Gasteiger partial charge in [-0.1, -0.05) is 12.1 Å². The molecule has 22 heavy (non-hydrogen) atoms. The van der Waals surface area contributed by atoms with Crippen LogP contribution in [-0.4, -0.2) is 33.4 Å². The first-order valence-electron chi connectivity index (χ1n) is 6.68. The van der Waals surface area contributed by atoms with Crippen LogP contribution in [0.15, 0.2) is 30.3 Å². The SMILES string of the molecule is Cc1cc(C(=O)NCc2cccc(OCC(=O)O)c2)n(C)n1. The molecule has 1 aromatic carbocycles. The van der Waals surface area contributed by atoms with Gasteiger partial charge in [0.25, 0.3) is 5.91 Å². The Labute approximate surface area is 127 Å². The maximum absolute atomic E-state index is 12.1. The number of rotatable bonds is 6. The predicted molar refractivity (Wildman–Crippen MR) is 78.7 cm³/mol. The summed E-state index contributed by atoms with van der Waals surface area (Å²) >= 11 is 0. The third-order valence-corrected chi connectivity index (χ3v) is 2.95. The van der Waals surface area contributed by atoms with Gasteiger partial charge in [-0.05, 0) is 30.7 Å². The number of benzene rings is 1. The van der Waals surface area contributed by atoms with Crippen LogP contribution in [0.3, 0.4) is 0 Å². The van der Waals surface area contributed by atoms with Crippen LogP contribution < -0.4 is 10.1 Å². The first-order valence-corrected chi connectivity index (χ1v) is 6.68. The minimum absolute atomic E-state index is 0.222. The number of amides is 1. The molecule has 0 fully saturated rings. The lowest BCUT2D eigenvalue weighted by Gasteiger charge is -2.08. The molecule has 0 spiro atoms. The number of nitrogens with zero attached hydrogens (tertiary/aromatic N) is 2. The van der Waals surface area contributed by atoms with Crippen LogP contribution in [0.5, 0.6) is 5.75 Å². The van der Waals surface area contributed by atoms with Crippen LogP contribution in [0.25, 0.3) is 0 Å². The Morgan fingerprint density at radius 3 is 2.77 bits per heavy atom. The van der Waals surface area contributed by atoms with Gasteiger partial charge in [-0.3, -0.25) is 9.48 Å². The summed E-state index contributed by atoms with van der Waals surface area (Å²) in [5, 5.41) is 15.5. The molecule has 1 aromatic heterocycles. The van der Waals surface area contributed by atoms with E-state index in [0.29, 0.717) is 18.0 Å². The summed E-state index contributed by atoms with van der Waals surface area (Å²) in [6.45, 7) is 1.73. The zero-order valence-electron chi connectivity index (χ0n) is 12.4. The summed E-state index contributed by atoms with van der Waals surface area (Å²) in [4.78, 5) is 22.5. The summed E-state index contributed by atoms with van der Waals surface area (Å²) < 4.78 is 6.62. The zero-order chi connectivity index (χ0) is 16.1. The molecular formula is C15H17N3O4. The number of hydrogen-bond acceptors (Lipinski definition) is 4. The van der Waals surface area contributed by atoms with Crippen molar-refractivity contribution in [2.45, 2.75) is 13.5 Å². The van der Waals surface area contributed by atoms with Crippen LogP contribution in [0, 0.1) is 6.92 Å². The van der Waals surface area contributed by atoms with Gasteiger partial charge in [-0.15, -0.1) is 0 Å². The maximum atomic E-state index is 12.1. The van der Waals surface area contributed by atoms with Crippen molar-refractivity contribution in [1.82, 2.24) is 15.1 Å². The molecule has 7 heteroatoms. The molecule has 116 valence electrons. The quantitative estimate of drug-likeness (QED) is 0.834. The number of nitrogens with one attached hydrogen (secondary N) is 1. The van der Waals surface area contributed by atoms with Crippen molar-refractivity contribution in [3.05, 3.63) is 47.3 Å². The van der Waals surface area contributed by atoms with E-state index in [1.54, 1.807) is 31.3 Å². The first kappa shape index (κ1) is 15.6. The summed E-state index contributed by atoms with van der Waals surface area (Å²) in [7, 11) is 1.71. The van der Waals surface area contributed by atoms with E-state index in [0.717, 1.165) is 11.3 Å². The predicted octanol–water partition coefficient (Wildman–Crippen LogP) is 1.12. The minimum Gasteiger partial charge on any atom is -0.482 e. The number of carboxylic acid groups (broad SMARTS) is 1. The molecule has 0 unspecified atom stereocenters. The molecule has 2 N–H and O–H groups in total. The Bertz CT molecular complexity index is 694. The smallest absolute Gasteiger partial charge is 0.341 e. The molecule has 0 aliphatic carbocycles. The van der Waals surface area contributed by atoms with Crippen LogP contribution in [0.4, 0.5) is 0 Å². The molecule has 1 amide bonds. The summed E-state index contributed by atoms with van der Waals surface area (Å²) in [5.74, 6) is -0.809. The highest BCUT2D eigenvalue weighted by Gasteiger charge is 2.11. The Hall–Kier alpha value is -2.83. The van der Waals surface area contributed by atoms with Crippen molar-refractivity contribution in [3.63, 3.8) is 0 Å². The Morgan fingerprint density at radius 1 is 1.36 bits per heavy atom. The van der Waals surface area contributed by atoms with Gasteiger partial charge in [-0.2, -0.15) is 5.10 Å². The lowest BCUT2D eigenvalue weighted by Crippen LogP contribution is -2.25. The van der Waals surface area contributed by atoms with Gasteiger partial charge < -0.3 is 15.2 Å². The van der Waals surface area contributed by atoms with Crippen molar-refractivity contribution >= 4 is 11.9 Å². The van der Waals surface area contributed by atoms with Crippen LogP contribution in [-0.2, 0) is 18.4 Å². The standard InChI is InChI=1S/C15H17N3O4/c1-10-6-13(18(2)17-10)15(21)16-8-11-4-3-5-12(7-11)22-9-14(19)20/h3-7H,8-9H2,1-2H3,(H,16,21)(H,19,20). The second kappa shape index (κ2) is 6.75. The van der Waals surface area contributed by atoms with Gasteiger partial charge in [0.1, 0.15) is 11.4 Å². The average Bonchev–Trinajstić information content (AvgIpc) is 2.82. The molecule has 7 nitrogen and oxygen atoms in total. The molecule has 0 radical (unpaired) electrons. The summed E-state index contributed by atoms with van der Waals surface area (Å²) in [5.41, 5.74) is 2.07. The Kier molecular flexibility index (Phi) is 4.77. The number of aliphatic carboxylic acids is 1. The van der Waals surface area contributed by atoms with Crippen LogP contribution in [0.1, 0.15) is 21.7 Å². The van der Waals surface area contributed by atoms with E-state index in [9.17, 15) is 9.59 Å². The van der Waals surface area contributed by atoms with Gasteiger partial charge in [0.15, 0.2) is 6.61 Å². The van der Waals surface area contributed by atoms with Gasteiger partial charge >= 0.3 is 5.97 Å². The van der Waals surface area contributed by atoms with E-state index in [2.05, 4.69) is 10.4 Å². The van der Waals surface area contributed by atoms with E-state index >= 15 is 0 Å². The van der Waals surface area contributed by atoms with E-state index in [-0.39, 0.29) is 5.91 Å². The molecule has 0 saturated carbocycles. The van der Waals surface area contributed by atoms with Gasteiger partial charge in [0.2, 0.25) is 0 Å². The van der Waals surface area contributed by atoms with E-state index in [1.807, 2.05) is 13.0 Å².